The van der Waals surface area contributed by atoms with Gasteiger partial charge in [0.15, 0.2) is 0 Å². The van der Waals surface area contributed by atoms with Crippen molar-refractivity contribution in [3.8, 4) is 5.75 Å². The summed E-state index contributed by atoms with van der Waals surface area (Å²) in [6.45, 7) is 5.92. The van der Waals surface area contributed by atoms with E-state index >= 15 is 0 Å². The Morgan fingerprint density at radius 1 is 1.22 bits per heavy atom. The molecule has 1 heterocycles. The molecule has 142 valence electrons. The van der Waals surface area contributed by atoms with Crippen molar-refractivity contribution in [2.24, 2.45) is 0 Å². The van der Waals surface area contributed by atoms with E-state index < -0.39 is 0 Å². The lowest BCUT2D eigenvalue weighted by Gasteiger charge is -2.14. The van der Waals surface area contributed by atoms with E-state index in [0.717, 1.165) is 26.9 Å². The highest BCUT2D eigenvalue weighted by molar-refractivity contribution is 8.22. The van der Waals surface area contributed by atoms with Crippen molar-refractivity contribution in [2.45, 2.75) is 12.7 Å². The number of benzene rings is 1. The standard InChI is InChI=1S/C21H23NO3S2/c1-4-13-26-21(27-15-16-8-10-18(24-3)11-9-16)19(20(23)25-5-2)17-7-6-12-22-14-17/h4,6-12,14H,1,5,13,15H2,2-3H3/b21-19-. The van der Waals surface area contributed by atoms with Gasteiger partial charge in [0, 0.05) is 29.5 Å². The van der Waals surface area contributed by atoms with Crippen LogP contribution in [0.4, 0.5) is 0 Å². The molecule has 4 nitrogen and oxygen atoms in total. The summed E-state index contributed by atoms with van der Waals surface area (Å²) in [5.41, 5.74) is 2.45. The molecule has 0 unspecified atom stereocenters. The van der Waals surface area contributed by atoms with Crippen LogP contribution in [-0.2, 0) is 15.3 Å². The van der Waals surface area contributed by atoms with Crippen LogP contribution in [0.25, 0.3) is 5.57 Å². The van der Waals surface area contributed by atoms with Gasteiger partial charge in [-0.2, -0.15) is 0 Å². The Hall–Kier alpha value is -2.18. The third kappa shape index (κ3) is 6.48. The number of pyridine rings is 1. The maximum absolute atomic E-state index is 12.7. The molecule has 27 heavy (non-hydrogen) atoms. The first-order valence-corrected chi connectivity index (χ1v) is 10.5. The first-order valence-electron chi connectivity index (χ1n) is 8.50. The summed E-state index contributed by atoms with van der Waals surface area (Å²) in [7, 11) is 1.65. The smallest absolute Gasteiger partial charge is 0.340 e. The normalized spacial score (nSPS) is 11.5. The Balaban J connectivity index is 2.34. The van der Waals surface area contributed by atoms with Gasteiger partial charge in [0.25, 0.3) is 0 Å². The van der Waals surface area contributed by atoms with Gasteiger partial charge in [0.2, 0.25) is 0 Å². The molecule has 1 aromatic heterocycles. The average molecular weight is 402 g/mol. The number of nitrogens with zero attached hydrogens (tertiary/aromatic N) is 1. The molecule has 0 fully saturated rings. The summed E-state index contributed by atoms with van der Waals surface area (Å²) in [4.78, 5) is 16.8. The van der Waals surface area contributed by atoms with Crippen molar-refractivity contribution in [2.75, 3.05) is 19.5 Å². The highest BCUT2D eigenvalue weighted by Crippen LogP contribution is 2.38. The highest BCUT2D eigenvalue weighted by atomic mass is 32.2. The Labute approximate surface area is 169 Å². The fourth-order valence-corrected chi connectivity index (χ4v) is 4.39. The number of ether oxygens (including phenoxy) is 2. The molecule has 0 saturated heterocycles. The number of thioether (sulfide) groups is 2. The topological polar surface area (TPSA) is 48.4 Å². The molecule has 0 aliphatic carbocycles. The minimum absolute atomic E-state index is 0.325. The predicted molar refractivity (Wildman–Crippen MR) is 115 cm³/mol. The molecular formula is C21H23NO3S2. The SMILES string of the molecule is C=CCS/C(SCc1ccc(OC)cc1)=C(/C(=O)OCC)c1cccnc1. The highest BCUT2D eigenvalue weighted by Gasteiger charge is 2.20. The van der Waals surface area contributed by atoms with Gasteiger partial charge in [-0.1, -0.05) is 24.3 Å². The number of hydrogen-bond donors (Lipinski definition) is 0. The van der Waals surface area contributed by atoms with Crippen molar-refractivity contribution in [3.63, 3.8) is 0 Å². The number of carbonyl (C=O) groups excluding carboxylic acids is 1. The lowest BCUT2D eigenvalue weighted by Crippen LogP contribution is -2.08. The molecule has 1 aromatic carbocycles. The zero-order valence-electron chi connectivity index (χ0n) is 15.5. The van der Waals surface area contributed by atoms with Crippen molar-refractivity contribution >= 4 is 35.1 Å². The van der Waals surface area contributed by atoms with Crippen LogP contribution in [0.15, 0.2) is 65.7 Å². The van der Waals surface area contributed by atoms with Crippen LogP contribution < -0.4 is 4.74 Å². The van der Waals surface area contributed by atoms with Gasteiger partial charge in [0.05, 0.1) is 23.5 Å². The van der Waals surface area contributed by atoms with Crippen LogP contribution in [-0.4, -0.2) is 30.4 Å². The van der Waals surface area contributed by atoms with Crippen LogP contribution in [0.5, 0.6) is 5.75 Å². The molecule has 0 aliphatic heterocycles. The molecule has 0 aliphatic rings. The van der Waals surface area contributed by atoms with Crippen molar-refractivity contribution in [1.82, 2.24) is 4.98 Å². The maximum atomic E-state index is 12.7. The van der Waals surface area contributed by atoms with Crippen LogP contribution >= 0.6 is 23.5 Å². The first-order chi connectivity index (χ1) is 13.2. The average Bonchev–Trinajstić information content (AvgIpc) is 2.71. The first kappa shape index (κ1) is 21.1. The van der Waals surface area contributed by atoms with Gasteiger partial charge >= 0.3 is 5.97 Å². The minimum atomic E-state index is -0.334. The molecule has 2 rings (SSSR count). The zero-order chi connectivity index (χ0) is 19.5. The molecule has 0 radical (unpaired) electrons. The quantitative estimate of drug-likeness (QED) is 0.311. The molecule has 0 atom stereocenters. The second-order valence-electron chi connectivity index (χ2n) is 5.36. The molecule has 0 bridgehead atoms. The molecule has 0 N–H and O–H groups in total. The van der Waals surface area contributed by atoms with Gasteiger partial charge in [-0.15, -0.1) is 30.1 Å². The second-order valence-corrected chi connectivity index (χ2v) is 7.64. The Morgan fingerprint density at radius 2 is 2.00 bits per heavy atom. The Kier molecular flexibility index (Phi) is 9.01. The van der Waals surface area contributed by atoms with E-state index in [1.807, 2.05) is 42.5 Å². The van der Waals surface area contributed by atoms with E-state index in [1.54, 1.807) is 50.0 Å². The summed E-state index contributed by atoms with van der Waals surface area (Å²) in [5.74, 6) is 1.92. The van der Waals surface area contributed by atoms with Gasteiger partial charge in [-0.3, -0.25) is 4.98 Å². The van der Waals surface area contributed by atoms with Crippen molar-refractivity contribution in [3.05, 3.63) is 76.8 Å². The number of esters is 1. The van der Waals surface area contributed by atoms with Gasteiger partial charge in [0.1, 0.15) is 5.75 Å². The molecule has 0 spiro atoms. The van der Waals surface area contributed by atoms with E-state index in [-0.39, 0.29) is 5.97 Å². The summed E-state index contributed by atoms with van der Waals surface area (Å²) in [5, 5.41) is 0. The molecule has 2 aromatic rings. The van der Waals surface area contributed by atoms with Gasteiger partial charge in [-0.25, -0.2) is 4.79 Å². The Morgan fingerprint density at radius 3 is 2.59 bits per heavy atom. The fourth-order valence-electron chi connectivity index (χ4n) is 2.22. The maximum Gasteiger partial charge on any atom is 0.340 e. The monoisotopic (exact) mass is 401 g/mol. The molecule has 0 amide bonds. The predicted octanol–water partition coefficient (Wildman–Crippen LogP) is 5.17. The van der Waals surface area contributed by atoms with Gasteiger partial charge in [-0.05, 0) is 30.7 Å². The van der Waals surface area contributed by atoms with E-state index in [9.17, 15) is 4.79 Å². The summed E-state index contributed by atoms with van der Waals surface area (Å²) in [6.07, 6.45) is 5.20. The number of methoxy groups -OCH3 is 1. The molecule has 6 heteroatoms. The van der Waals surface area contributed by atoms with E-state index in [0.29, 0.717) is 17.9 Å². The van der Waals surface area contributed by atoms with E-state index in [4.69, 9.17) is 9.47 Å². The third-order valence-electron chi connectivity index (χ3n) is 3.50. The minimum Gasteiger partial charge on any atom is -0.497 e. The largest absolute Gasteiger partial charge is 0.497 e. The van der Waals surface area contributed by atoms with Crippen LogP contribution in [0.2, 0.25) is 0 Å². The fraction of sp³-hybridized carbons (Fsp3) is 0.238. The lowest BCUT2D eigenvalue weighted by atomic mass is 10.1. The van der Waals surface area contributed by atoms with E-state index in [2.05, 4.69) is 11.6 Å². The van der Waals surface area contributed by atoms with E-state index in [1.165, 1.54) is 0 Å². The Bertz CT molecular complexity index is 774. The number of carbonyl (C=O) groups is 1. The van der Waals surface area contributed by atoms with Gasteiger partial charge < -0.3 is 9.47 Å². The molecular weight excluding hydrogens is 378 g/mol. The van der Waals surface area contributed by atoms with Crippen molar-refractivity contribution in [1.29, 1.82) is 0 Å². The van der Waals surface area contributed by atoms with Crippen LogP contribution in [0.1, 0.15) is 18.1 Å². The summed E-state index contributed by atoms with van der Waals surface area (Å²) in [6, 6.07) is 11.6. The number of hydrogen-bond acceptors (Lipinski definition) is 6. The summed E-state index contributed by atoms with van der Waals surface area (Å²) < 4.78 is 11.4. The van der Waals surface area contributed by atoms with Crippen molar-refractivity contribution < 1.29 is 14.3 Å². The number of aromatic nitrogens is 1. The zero-order valence-corrected chi connectivity index (χ0v) is 17.1. The third-order valence-corrected chi connectivity index (χ3v) is 6.01. The summed E-state index contributed by atoms with van der Waals surface area (Å²) >= 11 is 3.19. The van der Waals surface area contributed by atoms with Crippen LogP contribution in [0.3, 0.4) is 0 Å². The lowest BCUT2D eigenvalue weighted by molar-refractivity contribution is -0.136. The number of rotatable bonds is 10. The van der Waals surface area contributed by atoms with Crippen LogP contribution in [0, 0.1) is 0 Å². The molecule has 0 saturated carbocycles. The second kappa shape index (κ2) is 11.5.